The lowest BCUT2D eigenvalue weighted by Crippen LogP contribution is -2.15. The number of nitrogens with one attached hydrogen (secondary N) is 1. The van der Waals surface area contributed by atoms with E-state index in [2.05, 4.69) is 86.6 Å². The predicted octanol–water partition coefficient (Wildman–Crippen LogP) is 5.12. The highest BCUT2D eigenvalue weighted by Crippen LogP contribution is 2.13. The Balaban J connectivity index is 0.000000370. The van der Waals surface area contributed by atoms with E-state index in [4.69, 9.17) is 0 Å². The van der Waals surface area contributed by atoms with Crippen molar-refractivity contribution >= 4 is 11.4 Å². The SMILES string of the molecule is C.CCN(C)c1cccc(C)c1.CNc1ccc(C)cc1. The van der Waals surface area contributed by atoms with E-state index < -0.39 is 0 Å². The average molecular weight is 286 g/mol. The van der Waals surface area contributed by atoms with E-state index in [1.165, 1.54) is 22.5 Å². The van der Waals surface area contributed by atoms with Gasteiger partial charge in [0.15, 0.2) is 0 Å². The molecule has 0 aliphatic rings. The Morgan fingerprint density at radius 3 is 2.05 bits per heavy atom. The Morgan fingerprint density at radius 1 is 0.952 bits per heavy atom. The summed E-state index contributed by atoms with van der Waals surface area (Å²) >= 11 is 0. The molecule has 0 aliphatic heterocycles. The summed E-state index contributed by atoms with van der Waals surface area (Å²) < 4.78 is 0. The second-order valence-electron chi connectivity index (χ2n) is 4.97. The molecule has 0 radical (unpaired) electrons. The van der Waals surface area contributed by atoms with Crippen LogP contribution in [0.2, 0.25) is 0 Å². The van der Waals surface area contributed by atoms with Crippen LogP contribution in [0.25, 0.3) is 0 Å². The molecule has 2 heteroatoms. The van der Waals surface area contributed by atoms with Crippen molar-refractivity contribution in [1.82, 2.24) is 0 Å². The normalized spacial score (nSPS) is 9.00. The van der Waals surface area contributed by atoms with Gasteiger partial charge in [0, 0.05) is 32.0 Å². The second-order valence-corrected chi connectivity index (χ2v) is 4.97. The topological polar surface area (TPSA) is 15.3 Å². The van der Waals surface area contributed by atoms with Crippen LogP contribution in [0.5, 0.6) is 0 Å². The molecular formula is C19H30N2. The summed E-state index contributed by atoms with van der Waals surface area (Å²) in [6.45, 7) is 7.41. The minimum atomic E-state index is 0. The molecule has 0 unspecified atom stereocenters. The third-order valence-corrected chi connectivity index (χ3v) is 3.26. The maximum absolute atomic E-state index is 3.05. The third kappa shape index (κ3) is 6.84. The summed E-state index contributed by atoms with van der Waals surface area (Å²) in [6, 6.07) is 16.9. The van der Waals surface area contributed by atoms with Gasteiger partial charge in [0.05, 0.1) is 0 Å². The van der Waals surface area contributed by atoms with Crippen LogP contribution in [-0.2, 0) is 0 Å². The summed E-state index contributed by atoms with van der Waals surface area (Å²) in [5.41, 5.74) is 5.09. The zero-order valence-electron chi connectivity index (χ0n) is 13.3. The molecule has 0 atom stereocenters. The van der Waals surface area contributed by atoms with Crippen LogP contribution >= 0.6 is 0 Å². The number of benzene rings is 2. The number of anilines is 2. The molecule has 0 spiro atoms. The fourth-order valence-electron chi connectivity index (χ4n) is 1.77. The van der Waals surface area contributed by atoms with E-state index in [1.807, 2.05) is 7.05 Å². The summed E-state index contributed by atoms with van der Waals surface area (Å²) in [5.74, 6) is 0. The Kier molecular flexibility index (Phi) is 8.95. The number of hydrogen-bond acceptors (Lipinski definition) is 2. The van der Waals surface area contributed by atoms with Crippen LogP contribution in [0.1, 0.15) is 25.5 Å². The summed E-state index contributed by atoms with van der Waals surface area (Å²) in [6.07, 6.45) is 0. The minimum Gasteiger partial charge on any atom is -0.388 e. The lowest BCUT2D eigenvalue weighted by molar-refractivity contribution is 0.967. The van der Waals surface area contributed by atoms with E-state index in [0.29, 0.717) is 0 Å². The molecule has 116 valence electrons. The fraction of sp³-hybridized carbons (Fsp3) is 0.368. The molecular weight excluding hydrogens is 256 g/mol. The fourth-order valence-corrected chi connectivity index (χ4v) is 1.77. The van der Waals surface area contributed by atoms with E-state index in [1.54, 1.807) is 0 Å². The highest BCUT2D eigenvalue weighted by Gasteiger charge is 1.95. The van der Waals surface area contributed by atoms with Crippen LogP contribution in [0.4, 0.5) is 11.4 Å². The maximum Gasteiger partial charge on any atom is 0.0366 e. The summed E-state index contributed by atoms with van der Waals surface area (Å²) in [5, 5.41) is 3.05. The van der Waals surface area contributed by atoms with E-state index in [9.17, 15) is 0 Å². The summed E-state index contributed by atoms with van der Waals surface area (Å²) in [4.78, 5) is 2.23. The highest BCUT2D eigenvalue weighted by molar-refractivity contribution is 5.47. The van der Waals surface area contributed by atoms with Crippen LogP contribution in [-0.4, -0.2) is 20.6 Å². The molecule has 2 aromatic carbocycles. The predicted molar refractivity (Wildman–Crippen MR) is 97.6 cm³/mol. The highest BCUT2D eigenvalue weighted by atomic mass is 15.1. The first-order chi connectivity index (χ1) is 9.56. The lowest BCUT2D eigenvalue weighted by atomic mass is 10.2. The largest absolute Gasteiger partial charge is 0.388 e. The quantitative estimate of drug-likeness (QED) is 0.842. The number of aryl methyl sites for hydroxylation is 2. The van der Waals surface area contributed by atoms with Gasteiger partial charge in [-0.2, -0.15) is 0 Å². The van der Waals surface area contributed by atoms with Crippen molar-refractivity contribution in [2.24, 2.45) is 0 Å². The standard InChI is InChI=1S/C10H15N.C8H11N.CH4/c1-4-11(3)10-7-5-6-9(2)8-10;1-7-3-5-8(9-2)6-4-7;/h5-8H,4H2,1-3H3;3-6,9H,1-2H3;1H4. The Labute approximate surface area is 130 Å². The molecule has 0 fully saturated rings. The van der Waals surface area contributed by atoms with Gasteiger partial charge in [0.25, 0.3) is 0 Å². The summed E-state index contributed by atoms with van der Waals surface area (Å²) in [7, 11) is 4.03. The molecule has 0 saturated heterocycles. The van der Waals surface area contributed by atoms with Crippen molar-refractivity contribution < 1.29 is 0 Å². The number of nitrogens with zero attached hydrogens (tertiary/aromatic N) is 1. The van der Waals surface area contributed by atoms with E-state index >= 15 is 0 Å². The van der Waals surface area contributed by atoms with Crippen molar-refractivity contribution in [3.63, 3.8) is 0 Å². The smallest absolute Gasteiger partial charge is 0.0366 e. The zero-order chi connectivity index (χ0) is 15.0. The monoisotopic (exact) mass is 286 g/mol. The second kappa shape index (κ2) is 9.87. The molecule has 0 heterocycles. The van der Waals surface area contributed by atoms with Gasteiger partial charge >= 0.3 is 0 Å². The number of hydrogen-bond donors (Lipinski definition) is 1. The molecule has 0 bridgehead atoms. The molecule has 2 rings (SSSR count). The van der Waals surface area contributed by atoms with Gasteiger partial charge in [-0.25, -0.2) is 0 Å². The van der Waals surface area contributed by atoms with Crippen molar-refractivity contribution in [2.75, 3.05) is 30.9 Å². The first kappa shape index (κ1) is 19.0. The lowest BCUT2D eigenvalue weighted by Gasteiger charge is -2.16. The van der Waals surface area contributed by atoms with Gasteiger partial charge < -0.3 is 10.2 Å². The van der Waals surface area contributed by atoms with Gasteiger partial charge in [0.2, 0.25) is 0 Å². The van der Waals surface area contributed by atoms with E-state index in [-0.39, 0.29) is 7.43 Å². The Hall–Kier alpha value is -1.96. The first-order valence-corrected chi connectivity index (χ1v) is 7.09. The van der Waals surface area contributed by atoms with Crippen molar-refractivity contribution in [2.45, 2.75) is 28.2 Å². The minimum absolute atomic E-state index is 0. The molecule has 0 aliphatic carbocycles. The Bertz CT molecular complexity index is 503. The maximum atomic E-state index is 3.05. The van der Waals surface area contributed by atoms with Crippen LogP contribution < -0.4 is 10.2 Å². The van der Waals surface area contributed by atoms with Gasteiger partial charge in [-0.3, -0.25) is 0 Å². The van der Waals surface area contributed by atoms with Gasteiger partial charge in [-0.1, -0.05) is 37.3 Å². The molecule has 2 aromatic rings. The van der Waals surface area contributed by atoms with Gasteiger partial charge in [-0.05, 0) is 50.6 Å². The third-order valence-electron chi connectivity index (χ3n) is 3.26. The van der Waals surface area contributed by atoms with Crippen molar-refractivity contribution in [3.8, 4) is 0 Å². The molecule has 0 saturated carbocycles. The molecule has 0 aromatic heterocycles. The molecule has 0 amide bonds. The van der Waals surface area contributed by atoms with Crippen molar-refractivity contribution in [1.29, 1.82) is 0 Å². The van der Waals surface area contributed by atoms with Gasteiger partial charge in [-0.15, -0.1) is 0 Å². The van der Waals surface area contributed by atoms with Crippen LogP contribution in [0, 0.1) is 13.8 Å². The molecule has 1 N–H and O–H groups in total. The molecule has 21 heavy (non-hydrogen) atoms. The number of rotatable bonds is 3. The van der Waals surface area contributed by atoms with E-state index in [0.717, 1.165) is 6.54 Å². The molecule has 2 nitrogen and oxygen atoms in total. The van der Waals surface area contributed by atoms with Crippen LogP contribution in [0.3, 0.4) is 0 Å². The first-order valence-electron chi connectivity index (χ1n) is 7.09. The van der Waals surface area contributed by atoms with Gasteiger partial charge in [0.1, 0.15) is 0 Å². The average Bonchev–Trinajstić information content (AvgIpc) is 2.48. The Morgan fingerprint density at radius 2 is 1.57 bits per heavy atom. The van der Waals surface area contributed by atoms with Crippen LogP contribution in [0.15, 0.2) is 48.5 Å². The zero-order valence-corrected chi connectivity index (χ0v) is 13.3. The van der Waals surface area contributed by atoms with Crippen molar-refractivity contribution in [3.05, 3.63) is 59.7 Å².